The molecule has 0 bridgehead atoms. The van der Waals surface area contributed by atoms with Crippen LogP contribution in [0.5, 0.6) is 0 Å². The van der Waals surface area contributed by atoms with Gasteiger partial charge in [-0.25, -0.2) is 4.79 Å². The Morgan fingerprint density at radius 3 is 2.70 bits per heavy atom. The molecular weight excluding hydrogens is 250 g/mol. The highest BCUT2D eigenvalue weighted by molar-refractivity contribution is 5.89. The maximum absolute atomic E-state index is 12.4. The zero-order chi connectivity index (χ0) is 14.5. The molecule has 4 nitrogen and oxygen atoms in total. The maximum Gasteiger partial charge on any atom is 0.322 e. The number of amides is 2. The van der Waals surface area contributed by atoms with E-state index in [9.17, 15) is 4.79 Å². The van der Waals surface area contributed by atoms with Crippen molar-refractivity contribution in [3.63, 3.8) is 0 Å². The first-order valence-corrected chi connectivity index (χ1v) is 7.48. The quantitative estimate of drug-likeness (QED) is 0.891. The van der Waals surface area contributed by atoms with Crippen LogP contribution in [0.15, 0.2) is 24.3 Å². The van der Waals surface area contributed by atoms with Crippen LogP contribution in [0.2, 0.25) is 0 Å². The average molecular weight is 275 g/mol. The molecule has 2 amide bonds. The molecule has 0 saturated carbocycles. The van der Waals surface area contributed by atoms with Crippen molar-refractivity contribution in [3.05, 3.63) is 29.8 Å². The van der Waals surface area contributed by atoms with Gasteiger partial charge < -0.3 is 16.0 Å². The van der Waals surface area contributed by atoms with Crippen LogP contribution in [0.3, 0.4) is 0 Å². The van der Waals surface area contributed by atoms with Crippen molar-refractivity contribution >= 4 is 11.7 Å². The van der Waals surface area contributed by atoms with E-state index in [1.165, 1.54) is 12.0 Å². The Morgan fingerprint density at radius 2 is 2.10 bits per heavy atom. The van der Waals surface area contributed by atoms with Gasteiger partial charge in [0.05, 0.1) is 0 Å². The zero-order valence-corrected chi connectivity index (χ0v) is 12.4. The Kier molecular flexibility index (Phi) is 5.01. The molecule has 1 aromatic carbocycles. The molecule has 20 heavy (non-hydrogen) atoms. The number of benzene rings is 1. The number of piperidine rings is 1. The molecule has 0 radical (unpaired) electrons. The lowest BCUT2D eigenvalue weighted by Crippen LogP contribution is -2.51. The van der Waals surface area contributed by atoms with E-state index in [1.54, 1.807) is 0 Å². The van der Waals surface area contributed by atoms with Crippen molar-refractivity contribution in [2.24, 2.45) is 11.7 Å². The Hall–Kier alpha value is -1.55. The zero-order valence-electron chi connectivity index (χ0n) is 12.4. The summed E-state index contributed by atoms with van der Waals surface area (Å²) in [5.41, 5.74) is 7.87. The Balaban J connectivity index is 1.99. The summed E-state index contributed by atoms with van der Waals surface area (Å²) >= 11 is 0. The molecule has 0 aliphatic carbocycles. The Labute approximate surface area is 121 Å². The maximum atomic E-state index is 12.4. The molecule has 0 aromatic heterocycles. The van der Waals surface area contributed by atoms with Crippen molar-refractivity contribution in [2.75, 3.05) is 18.4 Å². The minimum Gasteiger partial charge on any atom is -0.328 e. The molecule has 4 heteroatoms. The molecule has 110 valence electrons. The molecule has 1 heterocycles. The molecule has 3 N–H and O–H groups in total. The summed E-state index contributed by atoms with van der Waals surface area (Å²) in [6.07, 6.45) is 3.27. The van der Waals surface area contributed by atoms with Crippen LogP contribution in [0.4, 0.5) is 10.5 Å². The van der Waals surface area contributed by atoms with Crippen LogP contribution in [0.1, 0.15) is 31.7 Å². The standard InChI is InChI=1S/C16H25N3O/c1-3-13-8-9-19(15(10-13)11-17)16(20)18-14-6-4-12(2)5-7-14/h4-7,13,15H,3,8-11,17H2,1-2H3,(H,18,20). The summed E-state index contributed by atoms with van der Waals surface area (Å²) in [5, 5.41) is 2.97. The molecular formula is C16H25N3O. The van der Waals surface area contributed by atoms with Crippen LogP contribution >= 0.6 is 0 Å². The molecule has 0 spiro atoms. The smallest absolute Gasteiger partial charge is 0.322 e. The molecule has 1 aromatic rings. The van der Waals surface area contributed by atoms with E-state index in [-0.39, 0.29) is 12.1 Å². The number of likely N-dealkylation sites (tertiary alicyclic amines) is 1. The topological polar surface area (TPSA) is 58.4 Å². The Bertz CT molecular complexity index is 444. The van der Waals surface area contributed by atoms with E-state index in [2.05, 4.69) is 12.2 Å². The molecule has 2 unspecified atom stereocenters. The van der Waals surface area contributed by atoms with E-state index in [0.29, 0.717) is 12.5 Å². The fraction of sp³-hybridized carbons (Fsp3) is 0.562. The number of aryl methyl sites for hydroxylation is 1. The second-order valence-electron chi connectivity index (χ2n) is 5.68. The lowest BCUT2D eigenvalue weighted by Gasteiger charge is -2.38. The van der Waals surface area contributed by atoms with Crippen molar-refractivity contribution < 1.29 is 4.79 Å². The first-order chi connectivity index (χ1) is 9.63. The summed E-state index contributed by atoms with van der Waals surface area (Å²) in [7, 11) is 0. The van der Waals surface area contributed by atoms with Crippen molar-refractivity contribution in [3.8, 4) is 0 Å². The molecule has 1 fully saturated rings. The van der Waals surface area contributed by atoms with Gasteiger partial charge in [-0.05, 0) is 37.8 Å². The van der Waals surface area contributed by atoms with Gasteiger partial charge in [0.2, 0.25) is 0 Å². The normalized spacial score (nSPS) is 22.6. The summed E-state index contributed by atoms with van der Waals surface area (Å²) in [6, 6.07) is 8.00. The van der Waals surface area contributed by atoms with Gasteiger partial charge in [0.1, 0.15) is 0 Å². The highest BCUT2D eigenvalue weighted by Crippen LogP contribution is 2.25. The number of anilines is 1. The first-order valence-electron chi connectivity index (χ1n) is 7.48. The Morgan fingerprint density at radius 1 is 1.40 bits per heavy atom. The van der Waals surface area contributed by atoms with Crippen molar-refractivity contribution in [1.82, 2.24) is 4.90 Å². The van der Waals surface area contributed by atoms with Crippen LogP contribution < -0.4 is 11.1 Å². The minimum absolute atomic E-state index is 0.0288. The van der Waals surface area contributed by atoms with E-state index in [1.807, 2.05) is 36.1 Å². The number of urea groups is 1. The highest BCUT2D eigenvalue weighted by atomic mass is 16.2. The average Bonchev–Trinajstić information content (AvgIpc) is 2.48. The number of carbonyl (C=O) groups is 1. The number of carbonyl (C=O) groups excluding carboxylic acids is 1. The number of hydrogen-bond donors (Lipinski definition) is 2. The van der Waals surface area contributed by atoms with E-state index < -0.39 is 0 Å². The predicted molar refractivity (Wildman–Crippen MR) is 82.8 cm³/mol. The molecule has 1 aliphatic heterocycles. The molecule has 2 rings (SSSR count). The summed E-state index contributed by atoms with van der Waals surface area (Å²) in [5.74, 6) is 0.701. The molecule has 2 atom stereocenters. The van der Waals surface area contributed by atoms with Gasteiger partial charge in [0, 0.05) is 24.8 Å². The fourth-order valence-corrected chi connectivity index (χ4v) is 2.83. The molecule has 1 aliphatic rings. The summed E-state index contributed by atoms with van der Waals surface area (Å²) < 4.78 is 0. The lowest BCUT2D eigenvalue weighted by molar-refractivity contribution is 0.138. The van der Waals surface area contributed by atoms with Gasteiger partial charge in [0.25, 0.3) is 0 Å². The predicted octanol–water partition coefficient (Wildman–Crippen LogP) is 2.98. The van der Waals surface area contributed by atoms with Gasteiger partial charge in [-0.15, -0.1) is 0 Å². The van der Waals surface area contributed by atoms with E-state index in [0.717, 1.165) is 25.1 Å². The first kappa shape index (κ1) is 14.9. The number of hydrogen-bond acceptors (Lipinski definition) is 2. The summed E-state index contributed by atoms with van der Waals surface area (Å²) in [6.45, 7) is 5.59. The van der Waals surface area contributed by atoms with Gasteiger partial charge in [0.15, 0.2) is 0 Å². The SMILES string of the molecule is CCC1CCN(C(=O)Nc2ccc(C)cc2)C(CN)C1. The largest absolute Gasteiger partial charge is 0.328 e. The van der Waals surface area contributed by atoms with E-state index in [4.69, 9.17) is 5.73 Å². The lowest BCUT2D eigenvalue weighted by atomic mass is 9.89. The van der Waals surface area contributed by atoms with Gasteiger partial charge in [-0.1, -0.05) is 31.0 Å². The highest BCUT2D eigenvalue weighted by Gasteiger charge is 2.29. The number of nitrogens with zero attached hydrogens (tertiary/aromatic N) is 1. The minimum atomic E-state index is -0.0288. The van der Waals surface area contributed by atoms with Crippen molar-refractivity contribution in [2.45, 2.75) is 39.2 Å². The number of nitrogens with two attached hydrogens (primary N) is 1. The monoisotopic (exact) mass is 275 g/mol. The second-order valence-corrected chi connectivity index (χ2v) is 5.68. The fourth-order valence-electron chi connectivity index (χ4n) is 2.83. The van der Waals surface area contributed by atoms with Gasteiger partial charge in [-0.2, -0.15) is 0 Å². The number of rotatable bonds is 3. The third-order valence-corrected chi connectivity index (χ3v) is 4.24. The van der Waals surface area contributed by atoms with Crippen LogP contribution in [-0.4, -0.2) is 30.1 Å². The number of nitrogens with one attached hydrogen (secondary N) is 1. The second kappa shape index (κ2) is 6.75. The van der Waals surface area contributed by atoms with Crippen LogP contribution in [0, 0.1) is 12.8 Å². The van der Waals surface area contributed by atoms with E-state index >= 15 is 0 Å². The van der Waals surface area contributed by atoms with Crippen molar-refractivity contribution in [1.29, 1.82) is 0 Å². The van der Waals surface area contributed by atoms with Gasteiger partial charge in [-0.3, -0.25) is 0 Å². The third kappa shape index (κ3) is 3.51. The summed E-state index contributed by atoms with van der Waals surface area (Å²) in [4.78, 5) is 14.3. The molecule has 1 saturated heterocycles. The van der Waals surface area contributed by atoms with Crippen LogP contribution in [0.25, 0.3) is 0 Å². The van der Waals surface area contributed by atoms with Gasteiger partial charge >= 0.3 is 6.03 Å². The van der Waals surface area contributed by atoms with Crippen LogP contribution in [-0.2, 0) is 0 Å². The third-order valence-electron chi connectivity index (χ3n) is 4.24.